The zero-order valence-electron chi connectivity index (χ0n) is 8.93. The monoisotopic (exact) mass is 239 g/mol. The number of benzene rings is 1. The highest BCUT2D eigenvalue weighted by molar-refractivity contribution is 5.94. The van der Waals surface area contributed by atoms with E-state index in [0.29, 0.717) is 17.7 Å². The molecule has 1 rings (SSSR count). The van der Waals surface area contributed by atoms with Gasteiger partial charge in [-0.2, -0.15) is 5.26 Å². The summed E-state index contributed by atoms with van der Waals surface area (Å²) in [5, 5.41) is 11.3. The number of nitrogens with zero attached hydrogens (tertiary/aromatic N) is 1. The van der Waals surface area contributed by atoms with Crippen LogP contribution >= 0.6 is 12.4 Å². The van der Waals surface area contributed by atoms with E-state index in [1.165, 1.54) is 0 Å². The molecule has 0 heterocycles. The minimum atomic E-state index is -0.169. The number of carbonyl (C=O) groups excluding carboxylic acids is 1. The van der Waals surface area contributed by atoms with Gasteiger partial charge in [-0.1, -0.05) is 0 Å². The normalized spacial score (nSPS) is 10.8. The average molecular weight is 240 g/mol. The van der Waals surface area contributed by atoms with Gasteiger partial charge >= 0.3 is 0 Å². The van der Waals surface area contributed by atoms with Crippen molar-refractivity contribution >= 4 is 18.3 Å². The molecule has 1 aromatic rings. The summed E-state index contributed by atoms with van der Waals surface area (Å²) in [6, 6.07) is 8.42. The van der Waals surface area contributed by atoms with E-state index < -0.39 is 0 Å². The fourth-order valence-electron chi connectivity index (χ4n) is 1.06. The smallest absolute Gasteiger partial charge is 0.251 e. The molecular weight excluding hydrogens is 226 g/mol. The fourth-order valence-corrected chi connectivity index (χ4v) is 1.06. The van der Waals surface area contributed by atoms with Crippen LogP contribution in [-0.4, -0.2) is 18.5 Å². The summed E-state index contributed by atoms with van der Waals surface area (Å²) in [6.07, 6.45) is 0. The van der Waals surface area contributed by atoms with Crippen molar-refractivity contribution in [1.82, 2.24) is 5.32 Å². The van der Waals surface area contributed by atoms with Crippen molar-refractivity contribution in [3.8, 4) is 6.07 Å². The van der Waals surface area contributed by atoms with Crippen LogP contribution in [0.1, 0.15) is 22.8 Å². The predicted molar refractivity (Wildman–Crippen MR) is 64.4 cm³/mol. The molecule has 0 spiro atoms. The molecule has 0 saturated heterocycles. The largest absolute Gasteiger partial charge is 0.348 e. The Morgan fingerprint density at radius 2 is 2.06 bits per heavy atom. The molecule has 4 nitrogen and oxygen atoms in total. The number of rotatable bonds is 3. The molecule has 0 bridgehead atoms. The lowest BCUT2D eigenvalue weighted by Gasteiger charge is -2.10. The zero-order valence-corrected chi connectivity index (χ0v) is 9.75. The molecule has 3 N–H and O–H groups in total. The average Bonchev–Trinajstić information content (AvgIpc) is 2.29. The first kappa shape index (κ1) is 14.4. The van der Waals surface area contributed by atoms with Crippen molar-refractivity contribution in [3.63, 3.8) is 0 Å². The van der Waals surface area contributed by atoms with Gasteiger partial charge in [-0.3, -0.25) is 4.79 Å². The summed E-state index contributed by atoms with van der Waals surface area (Å²) in [7, 11) is 0. The highest BCUT2D eigenvalue weighted by Crippen LogP contribution is 2.03. The van der Waals surface area contributed by atoms with E-state index in [0.717, 1.165) is 0 Å². The third-order valence-corrected chi connectivity index (χ3v) is 2.01. The van der Waals surface area contributed by atoms with Crippen LogP contribution in [0, 0.1) is 11.3 Å². The topological polar surface area (TPSA) is 78.9 Å². The van der Waals surface area contributed by atoms with E-state index in [2.05, 4.69) is 5.32 Å². The summed E-state index contributed by atoms with van der Waals surface area (Å²) in [4.78, 5) is 11.6. The van der Waals surface area contributed by atoms with E-state index in [9.17, 15) is 4.79 Å². The molecule has 0 aliphatic rings. The highest BCUT2D eigenvalue weighted by Gasteiger charge is 2.07. The summed E-state index contributed by atoms with van der Waals surface area (Å²) < 4.78 is 0. The Kier molecular flexibility index (Phi) is 6.16. The summed E-state index contributed by atoms with van der Waals surface area (Å²) >= 11 is 0. The molecule has 1 amide bonds. The second-order valence-corrected chi connectivity index (χ2v) is 3.30. The molecule has 0 unspecified atom stereocenters. The van der Waals surface area contributed by atoms with Crippen LogP contribution in [-0.2, 0) is 0 Å². The molecule has 0 fully saturated rings. The van der Waals surface area contributed by atoms with Gasteiger partial charge in [-0.25, -0.2) is 0 Å². The number of nitrogens with one attached hydrogen (secondary N) is 1. The van der Waals surface area contributed by atoms with Gasteiger partial charge in [0.2, 0.25) is 0 Å². The van der Waals surface area contributed by atoms with E-state index >= 15 is 0 Å². The lowest BCUT2D eigenvalue weighted by molar-refractivity contribution is 0.0941. The Labute approximate surface area is 101 Å². The molecule has 16 heavy (non-hydrogen) atoms. The summed E-state index contributed by atoms with van der Waals surface area (Å²) in [5.41, 5.74) is 6.46. The van der Waals surface area contributed by atoms with Crippen molar-refractivity contribution in [1.29, 1.82) is 5.26 Å². The van der Waals surface area contributed by atoms with Gasteiger partial charge in [0.05, 0.1) is 11.6 Å². The molecule has 1 atom stereocenters. The fraction of sp³-hybridized carbons (Fsp3) is 0.273. The van der Waals surface area contributed by atoms with Gasteiger partial charge in [-0.15, -0.1) is 12.4 Å². The van der Waals surface area contributed by atoms with E-state index in [-0.39, 0.29) is 24.4 Å². The van der Waals surface area contributed by atoms with E-state index in [1.807, 2.05) is 13.0 Å². The van der Waals surface area contributed by atoms with Crippen LogP contribution in [0.3, 0.4) is 0 Å². The first-order valence-electron chi connectivity index (χ1n) is 4.68. The molecule has 86 valence electrons. The minimum Gasteiger partial charge on any atom is -0.348 e. The van der Waals surface area contributed by atoms with Crippen molar-refractivity contribution in [2.75, 3.05) is 6.54 Å². The maximum Gasteiger partial charge on any atom is 0.251 e. The zero-order chi connectivity index (χ0) is 11.3. The van der Waals surface area contributed by atoms with Crippen molar-refractivity contribution in [2.45, 2.75) is 13.0 Å². The maximum absolute atomic E-state index is 11.6. The number of hydrogen-bond donors (Lipinski definition) is 2. The number of carbonyl (C=O) groups is 1. The second-order valence-electron chi connectivity index (χ2n) is 3.30. The Morgan fingerprint density at radius 3 is 2.50 bits per heavy atom. The lowest BCUT2D eigenvalue weighted by atomic mass is 10.1. The molecular formula is C11H14ClN3O. The van der Waals surface area contributed by atoms with Crippen LogP contribution in [0.4, 0.5) is 0 Å². The van der Waals surface area contributed by atoms with Gasteiger partial charge in [-0.05, 0) is 31.2 Å². The lowest BCUT2D eigenvalue weighted by Crippen LogP contribution is -2.37. The first-order chi connectivity index (χ1) is 7.17. The summed E-state index contributed by atoms with van der Waals surface area (Å²) in [6.45, 7) is 2.24. The molecule has 0 aliphatic carbocycles. The molecule has 0 radical (unpaired) electrons. The van der Waals surface area contributed by atoms with Crippen LogP contribution in [0.5, 0.6) is 0 Å². The Balaban J connectivity index is 0.00000225. The summed E-state index contributed by atoms with van der Waals surface area (Å²) in [5.74, 6) is -0.169. The van der Waals surface area contributed by atoms with E-state index in [4.69, 9.17) is 11.0 Å². The number of amides is 1. The van der Waals surface area contributed by atoms with Crippen molar-refractivity contribution in [2.24, 2.45) is 5.73 Å². The highest BCUT2D eigenvalue weighted by atomic mass is 35.5. The first-order valence-corrected chi connectivity index (χ1v) is 4.68. The van der Waals surface area contributed by atoms with Crippen LogP contribution in [0.2, 0.25) is 0 Å². The number of hydrogen-bond acceptors (Lipinski definition) is 3. The Hall–Kier alpha value is -1.57. The van der Waals surface area contributed by atoms with Gasteiger partial charge in [0.25, 0.3) is 5.91 Å². The van der Waals surface area contributed by atoms with Crippen LogP contribution < -0.4 is 11.1 Å². The van der Waals surface area contributed by atoms with E-state index in [1.54, 1.807) is 24.3 Å². The van der Waals surface area contributed by atoms with Gasteiger partial charge in [0, 0.05) is 18.2 Å². The molecule has 0 aliphatic heterocycles. The van der Waals surface area contributed by atoms with Crippen LogP contribution in [0.25, 0.3) is 0 Å². The van der Waals surface area contributed by atoms with Crippen molar-refractivity contribution < 1.29 is 4.79 Å². The second kappa shape index (κ2) is 6.83. The third-order valence-electron chi connectivity index (χ3n) is 2.01. The van der Waals surface area contributed by atoms with Crippen LogP contribution in [0.15, 0.2) is 24.3 Å². The van der Waals surface area contributed by atoms with Gasteiger partial charge < -0.3 is 11.1 Å². The van der Waals surface area contributed by atoms with Gasteiger partial charge in [0.1, 0.15) is 0 Å². The molecule has 0 aromatic heterocycles. The predicted octanol–water partition coefficient (Wildman–Crippen LogP) is 1.06. The number of nitrogens with two attached hydrogens (primary N) is 1. The third kappa shape index (κ3) is 3.89. The minimum absolute atomic E-state index is 0. The Morgan fingerprint density at radius 1 is 1.50 bits per heavy atom. The van der Waals surface area contributed by atoms with Gasteiger partial charge in [0.15, 0.2) is 0 Å². The Bertz CT molecular complexity index is 383. The number of halogens is 1. The SMILES string of the molecule is C[C@H](CN)NC(=O)c1ccc(C#N)cc1.Cl. The van der Waals surface area contributed by atoms with Crippen molar-refractivity contribution in [3.05, 3.63) is 35.4 Å². The standard InChI is InChI=1S/C11H13N3O.ClH/c1-8(6-12)14-11(15)10-4-2-9(7-13)3-5-10;/h2-5,8H,6,12H2,1H3,(H,14,15);1H/t8-;/m1./s1. The quantitative estimate of drug-likeness (QED) is 0.828. The maximum atomic E-state index is 11.6. The molecule has 5 heteroatoms. The molecule has 1 aromatic carbocycles. The molecule has 0 saturated carbocycles. The number of nitriles is 1.